The van der Waals surface area contributed by atoms with Gasteiger partial charge < -0.3 is 10.1 Å². The highest BCUT2D eigenvalue weighted by atomic mass is 16.6. The van der Waals surface area contributed by atoms with Crippen molar-refractivity contribution in [1.82, 2.24) is 4.98 Å². The van der Waals surface area contributed by atoms with Crippen LogP contribution in [-0.4, -0.2) is 21.9 Å². The van der Waals surface area contributed by atoms with Crippen LogP contribution in [0.5, 0.6) is 5.75 Å². The average Bonchev–Trinajstić information content (AvgIpc) is 2.61. The first-order valence-electron chi connectivity index (χ1n) is 7.13. The zero-order valence-electron chi connectivity index (χ0n) is 13.0. The number of methoxy groups -OCH3 is 1. The minimum Gasteiger partial charge on any atom is -0.497 e. The molecular formula is C16H12N4O5. The van der Waals surface area contributed by atoms with Gasteiger partial charge in [0, 0.05) is 18.0 Å². The molecule has 3 aromatic rings. The van der Waals surface area contributed by atoms with Gasteiger partial charge in [-0.3, -0.25) is 25.2 Å². The topological polar surface area (TPSA) is 120 Å². The summed E-state index contributed by atoms with van der Waals surface area (Å²) in [5, 5.41) is 25.8. The first-order chi connectivity index (χ1) is 12.0. The molecule has 0 aliphatic carbocycles. The van der Waals surface area contributed by atoms with E-state index in [0.29, 0.717) is 11.4 Å². The van der Waals surface area contributed by atoms with Gasteiger partial charge in [0.15, 0.2) is 0 Å². The summed E-state index contributed by atoms with van der Waals surface area (Å²) in [6.45, 7) is 0. The Labute approximate surface area is 141 Å². The molecule has 0 radical (unpaired) electrons. The lowest BCUT2D eigenvalue weighted by Gasteiger charge is -2.11. The fraction of sp³-hybridized carbons (Fsp3) is 0.0625. The minimum absolute atomic E-state index is 0.0828. The monoisotopic (exact) mass is 340 g/mol. The predicted octanol–water partition coefficient (Wildman–Crippen LogP) is 3.80. The normalized spacial score (nSPS) is 10.4. The Morgan fingerprint density at radius 3 is 2.48 bits per heavy atom. The van der Waals surface area contributed by atoms with Gasteiger partial charge in [0.2, 0.25) is 0 Å². The summed E-state index contributed by atoms with van der Waals surface area (Å²) in [5.74, 6) is 0.562. The maximum absolute atomic E-state index is 11.4. The van der Waals surface area contributed by atoms with E-state index in [1.54, 1.807) is 24.3 Å². The van der Waals surface area contributed by atoms with E-state index in [1.165, 1.54) is 25.4 Å². The van der Waals surface area contributed by atoms with E-state index < -0.39 is 15.5 Å². The molecule has 25 heavy (non-hydrogen) atoms. The number of rotatable bonds is 5. The summed E-state index contributed by atoms with van der Waals surface area (Å²) in [6.07, 6.45) is 1.42. The number of aromatic nitrogens is 1. The van der Waals surface area contributed by atoms with Gasteiger partial charge in [-0.25, -0.2) is 0 Å². The lowest BCUT2D eigenvalue weighted by molar-refractivity contribution is -0.392. The first-order valence-corrected chi connectivity index (χ1v) is 7.13. The second kappa shape index (κ2) is 6.40. The maximum atomic E-state index is 11.4. The molecule has 9 nitrogen and oxygen atoms in total. The molecule has 0 aliphatic rings. The number of non-ortho nitro benzene ring substituents is 1. The Bertz CT molecular complexity index is 989. The molecule has 126 valence electrons. The van der Waals surface area contributed by atoms with Gasteiger partial charge in [-0.15, -0.1) is 0 Å². The Kier molecular flexibility index (Phi) is 4.12. The number of anilines is 2. The molecule has 1 aromatic heterocycles. The van der Waals surface area contributed by atoms with Crippen molar-refractivity contribution in [2.24, 2.45) is 0 Å². The molecule has 0 spiro atoms. The number of nitro groups is 2. The quantitative estimate of drug-likeness (QED) is 0.554. The first kappa shape index (κ1) is 16.1. The molecular weight excluding hydrogens is 328 g/mol. The van der Waals surface area contributed by atoms with Gasteiger partial charge in [-0.05, 0) is 24.3 Å². The molecule has 1 heterocycles. The Morgan fingerprint density at radius 2 is 1.80 bits per heavy atom. The third-order valence-corrected chi connectivity index (χ3v) is 3.58. The third kappa shape index (κ3) is 3.02. The van der Waals surface area contributed by atoms with Crippen LogP contribution in [0, 0.1) is 20.2 Å². The van der Waals surface area contributed by atoms with Crippen LogP contribution in [0.25, 0.3) is 10.9 Å². The van der Waals surface area contributed by atoms with Gasteiger partial charge in [0.25, 0.3) is 5.69 Å². The molecule has 0 unspecified atom stereocenters. The average molecular weight is 340 g/mol. The van der Waals surface area contributed by atoms with Gasteiger partial charge in [0.05, 0.1) is 28.4 Å². The lowest BCUT2D eigenvalue weighted by atomic mass is 10.1. The van der Waals surface area contributed by atoms with E-state index in [2.05, 4.69) is 10.3 Å². The van der Waals surface area contributed by atoms with E-state index >= 15 is 0 Å². The maximum Gasteiger partial charge on any atom is 0.301 e. The molecule has 1 N–H and O–H groups in total. The van der Waals surface area contributed by atoms with Gasteiger partial charge in [-0.1, -0.05) is 6.07 Å². The Balaban J connectivity index is 2.25. The Hall–Kier alpha value is -3.75. The van der Waals surface area contributed by atoms with E-state index in [0.717, 1.165) is 6.07 Å². The van der Waals surface area contributed by atoms with Crippen molar-refractivity contribution < 1.29 is 14.6 Å². The van der Waals surface area contributed by atoms with Crippen LogP contribution in [0.15, 0.2) is 48.7 Å². The van der Waals surface area contributed by atoms with E-state index in [4.69, 9.17) is 4.74 Å². The number of pyridine rings is 1. The van der Waals surface area contributed by atoms with Crippen LogP contribution < -0.4 is 10.1 Å². The van der Waals surface area contributed by atoms with Gasteiger partial charge >= 0.3 is 5.69 Å². The fourth-order valence-corrected chi connectivity index (χ4v) is 2.48. The van der Waals surface area contributed by atoms with Gasteiger partial charge in [0.1, 0.15) is 17.0 Å². The number of hydrogen-bond acceptors (Lipinski definition) is 7. The van der Waals surface area contributed by atoms with Crippen LogP contribution in [0.1, 0.15) is 0 Å². The van der Waals surface area contributed by atoms with Crippen molar-refractivity contribution in [2.45, 2.75) is 0 Å². The lowest BCUT2D eigenvalue weighted by Crippen LogP contribution is -2.02. The number of fused-ring (bicyclic) bond motifs is 1. The number of nitrogens with zero attached hydrogens (tertiary/aromatic N) is 3. The molecule has 2 aromatic carbocycles. The van der Waals surface area contributed by atoms with Crippen LogP contribution in [0.2, 0.25) is 0 Å². The van der Waals surface area contributed by atoms with Crippen LogP contribution in [0.4, 0.5) is 22.7 Å². The molecule has 3 rings (SSSR count). The highest BCUT2D eigenvalue weighted by molar-refractivity contribution is 6.02. The van der Waals surface area contributed by atoms with E-state index in [9.17, 15) is 20.2 Å². The summed E-state index contributed by atoms with van der Waals surface area (Å²) >= 11 is 0. The Morgan fingerprint density at radius 1 is 1.04 bits per heavy atom. The highest BCUT2D eigenvalue weighted by Gasteiger charge is 2.26. The van der Waals surface area contributed by atoms with Crippen LogP contribution >= 0.6 is 0 Å². The van der Waals surface area contributed by atoms with Crippen molar-refractivity contribution >= 4 is 33.7 Å². The molecule has 9 heteroatoms. The molecule has 0 saturated carbocycles. The molecule has 0 saturated heterocycles. The third-order valence-electron chi connectivity index (χ3n) is 3.58. The number of hydrogen-bond donors (Lipinski definition) is 1. The zero-order valence-corrected chi connectivity index (χ0v) is 13.0. The SMILES string of the molecule is COc1cccc(Nc2c([N+](=O)[O-])cc([N+](=O)[O-])c3cccnc23)c1. The fourth-order valence-electron chi connectivity index (χ4n) is 2.48. The molecule has 0 fully saturated rings. The number of nitro benzene ring substituents is 2. The van der Waals surface area contributed by atoms with Crippen molar-refractivity contribution in [3.05, 3.63) is 68.9 Å². The van der Waals surface area contributed by atoms with Gasteiger partial charge in [-0.2, -0.15) is 0 Å². The second-order valence-electron chi connectivity index (χ2n) is 5.06. The molecule has 0 amide bonds. The largest absolute Gasteiger partial charge is 0.497 e. The standard InChI is InChI=1S/C16H12N4O5/c1-25-11-5-2-4-10(8-11)18-16-14(20(23)24)9-13(19(21)22)12-6-3-7-17-15(12)16/h2-9,18H,1H3. The number of nitrogens with one attached hydrogen (secondary N) is 1. The molecule has 0 aliphatic heterocycles. The smallest absolute Gasteiger partial charge is 0.301 e. The van der Waals surface area contributed by atoms with Crippen molar-refractivity contribution in [3.63, 3.8) is 0 Å². The summed E-state index contributed by atoms with van der Waals surface area (Å²) in [5.41, 5.74) is -0.0411. The highest BCUT2D eigenvalue weighted by Crippen LogP contribution is 2.39. The van der Waals surface area contributed by atoms with Crippen molar-refractivity contribution in [3.8, 4) is 5.75 Å². The summed E-state index contributed by atoms with van der Waals surface area (Å²) in [7, 11) is 1.50. The summed E-state index contributed by atoms with van der Waals surface area (Å²) in [4.78, 5) is 25.5. The number of benzene rings is 2. The molecule has 0 bridgehead atoms. The number of ether oxygens (including phenoxy) is 1. The predicted molar refractivity (Wildman–Crippen MR) is 91.3 cm³/mol. The van der Waals surface area contributed by atoms with E-state index in [-0.39, 0.29) is 22.3 Å². The van der Waals surface area contributed by atoms with E-state index in [1.807, 2.05) is 0 Å². The van der Waals surface area contributed by atoms with Crippen molar-refractivity contribution in [1.29, 1.82) is 0 Å². The van der Waals surface area contributed by atoms with Crippen LogP contribution in [-0.2, 0) is 0 Å². The zero-order chi connectivity index (χ0) is 18.0. The van der Waals surface area contributed by atoms with Crippen LogP contribution in [0.3, 0.4) is 0 Å². The second-order valence-corrected chi connectivity index (χ2v) is 5.06. The summed E-state index contributed by atoms with van der Waals surface area (Å²) in [6, 6.07) is 10.8. The molecule has 0 atom stereocenters. The van der Waals surface area contributed by atoms with Crippen molar-refractivity contribution in [2.75, 3.05) is 12.4 Å². The summed E-state index contributed by atoms with van der Waals surface area (Å²) < 4.78 is 5.13. The minimum atomic E-state index is -0.677.